The summed E-state index contributed by atoms with van der Waals surface area (Å²) < 4.78 is 10.7. The number of hydrogen-bond donors (Lipinski definition) is 0. The molecule has 2 aromatic carbocycles. The van der Waals surface area contributed by atoms with Gasteiger partial charge in [-0.3, -0.25) is 0 Å². The molecule has 0 saturated carbocycles. The summed E-state index contributed by atoms with van der Waals surface area (Å²) >= 11 is 3.87. The Bertz CT molecular complexity index is 639. The van der Waals surface area contributed by atoms with Crippen molar-refractivity contribution in [2.45, 2.75) is 23.6 Å². The number of methoxy groups -OCH3 is 2. The summed E-state index contributed by atoms with van der Waals surface area (Å²) in [5.41, 5.74) is 4.23. The fourth-order valence-corrected chi connectivity index (χ4v) is 3.84. The minimum atomic E-state index is 0.450. The maximum absolute atomic E-state index is 5.38. The van der Waals surface area contributed by atoms with Crippen molar-refractivity contribution in [1.29, 1.82) is 0 Å². The summed E-state index contributed by atoms with van der Waals surface area (Å²) in [5, 5.41) is 0. The summed E-state index contributed by atoms with van der Waals surface area (Å²) in [7, 11) is 3.34. The van der Waals surface area contributed by atoms with E-state index in [1.165, 1.54) is 23.1 Å². The molecular formula is C18H19BrO2. The van der Waals surface area contributed by atoms with E-state index in [0.717, 1.165) is 17.9 Å². The Morgan fingerprint density at radius 1 is 1.10 bits per heavy atom. The van der Waals surface area contributed by atoms with E-state index in [1.54, 1.807) is 14.2 Å². The topological polar surface area (TPSA) is 18.5 Å². The molecule has 0 N–H and O–H groups in total. The Labute approximate surface area is 134 Å². The number of benzene rings is 2. The van der Waals surface area contributed by atoms with Gasteiger partial charge in [-0.1, -0.05) is 46.3 Å². The fourth-order valence-electron chi connectivity index (χ4n) is 3.00. The number of rotatable bonds is 5. The van der Waals surface area contributed by atoms with E-state index in [0.29, 0.717) is 10.7 Å². The molecule has 2 aromatic rings. The van der Waals surface area contributed by atoms with Crippen molar-refractivity contribution < 1.29 is 9.47 Å². The zero-order valence-electron chi connectivity index (χ0n) is 12.3. The van der Waals surface area contributed by atoms with Crippen molar-refractivity contribution in [2.24, 2.45) is 0 Å². The monoisotopic (exact) mass is 346 g/mol. The normalized spacial score (nSPS) is 17.6. The first kappa shape index (κ1) is 14.5. The van der Waals surface area contributed by atoms with E-state index in [9.17, 15) is 0 Å². The highest BCUT2D eigenvalue weighted by molar-refractivity contribution is 9.09. The van der Waals surface area contributed by atoms with E-state index in [4.69, 9.17) is 9.47 Å². The van der Waals surface area contributed by atoms with Crippen LogP contribution in [0.5, 0.6) is 11.5 Å². The van der Waals surface area contributed by atoms with Gasteiger partial charge in [-0.2, -0.15) is 0 Å². The van der Waals surface area contributed by atoms with Gasteiger partial charge in [-0.15, -0.1) is 0 Å². The predicted octanol–water partition coefficient (Wildman–Crippen LogP) is 4.35. The zero-order valence-corrected chi connectivity index (χ0v) is 13.9. The van der Waals surface area contributed by atoms with Crippen LogP contribution in [0.3, 0.4) is 0 Å². The SMILES string of the molecule is COc1ccc(CC(Br)C2Cc3ccccc32)cc1OC. The van der Waals surface area contributed by atoms with Crippen molar-refractivity contribution >= 4 is 15.9 Å². The molecule has 0 saturated heterocycles. The van der Waals surface area contributed by atoms with Crippen LogP contribution < -0.4 is 9.47 Å². The van der Waals surface area contributed by atoms with Crippen LogP contribution in [0.1, 0.15) is 22.6 Å². The summed E-state index contributed by atoms with van der Waals surface area (Å²) in [6, 6.07) is 14.9. The molecule has 3 heteroatoms. The Kier molecular flexibility index (Phi) is 4.20. The van der Waals surface area contributed by atoms with Gasteiger partial charge in [0, 0.05) is 10.7 Å². The lowest BCUT2D eigenvalue weighted by atomic mass is 9.75. The molecule has 1 aliphatic carbocycles. The second-order valence-electron chi connectivity index (χ2n) is 5.42. The van der Waals surface area contributed by atoms with E-state index in [2.05, 4.69) is 52.3 Å². The van der Waals surface area contributed by atoms with E-state index in [1.807, 2.05) is 6.07 Å². The van der Waals surface area contributed by atoms with Crippen molar-refractivity contribution in [3.05, 3.63) is 59.2 Å². The number of ether oxygens (including phenoxy) is 2. The second kappa shape index (κ2) is 6.10. The van der Waals surface area contributed by atoms with Crippen molar-refractivity contribution in [3.63, 3.8) is 0 Å². The minimum Gasteiger partial charge on any atom is -0.493 e. The molecule has 21 heavy (non-hydrogen) atoms. The molecule has 0 aliphatic heterocycles. The molecule has 0 fully saturated rings. The lowest BCUT2D eigenvalue weighted by Gasteiger charge is -2.34. The molecule has 0 bridgehead atoms. The molecule has 110 valence electrons. The summed E-state index contributed by atoms with van der Waals surface area (Å²) in [6.07, 6.45) is 2.15. The first-order valence-electron chi connectivity index (χ1n) is 7.15. The highest BCUT2D eigenvalue weighted by Crippen LogP contribution is 2.41. The highest BCUT2D eigenvalue weighted by atomic mass is 79.9. The second-order valence-corrected chi connectivity index (χ2v) is 6.60. The molecule has 3 rings (SSSR count). The third-order valence-corrected chi connectivity index (χ3v) is 5.17. The smallest absolute Gasteiger partial charge is 0.160 e. The van der Waals surface area contributed by atoms with Crippen molar-refractivity contribution in [2.75, 3.05) is 14.2 Å². The van der Waals surface area contributed by atoms with Crippen LogP contribution in [0.25, 0.3) is 0 Å². The average Bonchev–Trinajstić information content (AvgIpc) is 2.48. The van der Waals surface area contributed by atoms with Gasteiger partial charge >= 0.3 is 0 Å². The maximum atomic E-state index is 5.38. The van der Waals surface area contributed by atoms with Crippen LogP contribution in [-0.2, 0) is 12.8 Å². The molecule has 2 nitrogen and oxygen atoms in total. The van der Waals surface area contributed by atoms with Gasteiger partial charge in [-0.25, -0.2) is 0 Å². The quantitative estimate of drug-likeness (QED) is 0.749. The van der Waals surface area contributed by atoms with Gasteiger partial charge < -0.3 is 9.47 Å². The third-order valence-electron chi connectivity index (χ3n) is 4.21. The lowest BCUT2D eigenvalue weighted by Crippen LogP contribution is -2.26. The molecule has 2 unspecified atom stereocenters. The van der Waals surface area contributed by atoms with Gasteiger partial charge in [0.1, 0.15) is 0 Å². The number of halogens is 1. The summed E-state index contributed by atoms with van der Waals surface area (Å²) in [5.74, 6) is 2.18. The van der Waals surface area contributed by atoms with Crippen LogP contribution in [0.4, 0.5) is 0 Å². The average molecular weight is 347 g/mol. The zero-order chi connectivity index (χ0) is 14.8. The predicted molar refractivity (Wildman–Crippen MR) is 88.9 cm³/mol. The molecule has 0 aromatic heterocycles. The molecule has 1 aliphatic rings. The molecule has 0 heterocycles. The Morgan fingerprint density at radius 2 is 1.86 bits per heavy atom. The van der Waals surface area contributed by atoms with Crippen LogP contribution in [-0.4, -0.2) is 19.0 Å². The van der Waals surface area contributed by atoms with Crippen LogP contribution in [0.2, 0.25) is 0 Å². The Hall–Kier alpha value is -1.48. The largest absolute Gasteiger partial charge is 0.493 e. The fraction of sp³-hybridized carbons (Fsp3) is 0.333. The first-order chi connectivity index (χ1) is 10.2. The molecule has 0 spiro atoms. The van der Waals surface area contributed by atoms with Gasteiger partial charge in [0.25, 0.3) is 0 Å². The van der Waals surface area contributed by atoms with Gasteiger partial charge in [-0.05, 0) is 41.7 Å². The highest BCUT2D eigenvalue weighted by Gasteiger charge is 2.31. The van der Waals surface area contributed by atoms with E-state index < -0.39 is 0 Å². The van der Waals surface area contributed by atoms with Crippen LogP contribution in [0, 0.1) is 0 Å². The summed E-state index contributed by atoms with van der Waals surface area (Å²) in [6.45, 7) is 0. The van der Waals surface area contributed by atoms with Crippen LogP contribution >= 0.6 is 15.9 Å². The van der Waals surface area contributed by atoms with Gasteiger partial charge in [0.05, 0.1) is 14.2 Å². The van der Waals surface area contributed by atoms with Gasteiger partial charge in [0.15, 0.2) is 11.5 Å². The summed E-state index contributed by atoms with van der Waals surface area (Å²) in [4.78, 5) is 0.450. The molecule has 0 radical (unpaired) electrons. The standard InChI is InChI=1S/C18H19BrO2/c1-20-17-8-7-12(10-18(17)21-2)9-16(19)15-11-13-5-3-4-6-14(13)15/h3-8,10,15-16H,9,11H2,1-2H3. The Morgan fingerprint density at radius 3 is 2.57 bits per heavy atom. The Balaban J connectivity index is 1.73. The minimum absolute atomic E-state index is 0.450. The first-order valence-corrected chi connectivity index (χ1v) is 8.07. The van der Waals surface area contributed by atoms with Crippen molar-refractivity contribution in [1.82, 2.24) is 0 Å². The number of fused-ring (bicyclic) bond motifs is 1. The number of alkyl halides is 1. The lowest BCUT2D eigenvalue weighted by molar-refractivity contribution is 0.354. The van der Waals surface area contributed by atoms with Crippen molar-refractivity contribution in [3.8, 4) is 11.5 Å². The molecule has 0 amide bonds. The van der Waals surface area contributed by atoms with Gasteiger partial charge in [0.2, 0.25) is 0 Å². The van der Waals surface area contributed by atoms with Crippen LogP contribution in [0.15, 0.2) is 42.5 Å². The third kappa shape index (κ3) is 2.80. The maximum Gasteiger partial charge on any atom is 0.160 e. The van der Waals surface area contributed by atoms with E-state index in [-0.39, 0.29) is 0 Å². The van der Waals surface area contributed by atoms with E-state index >= 15 is 0 Å². The molecular weight excluding hydrogens is 328 g/mol. The molecule has 2 atom stereocenters. The number of hydrogen-bond acceptors (Lipinski definition) is 2.